The average Bonchev–Trinajstić information content (AvgIpc) is 1.61. The molecule has 0 spiro atoms. The molecule has 12 rings (SSSR count). The van der Waals surface area contributed by atoms with Gasteiger partial charge in [0.2, 0.25) is 0 Å². The predicted octanol–water partition coefficient (Wildman–Crippen LogP) is 11.8. The van der Waals surface area contributed by atoms with Crippen LogP contribution in [0.25, 0.3) is 22.3 Å². The molecule has 26 heteroatoms. The smallest absolute Gasteiger partial charge is 0.407 e. The number of anilines is 1. The molecule has 0 saturated carbocycles. The lowest BCUT2D eigenvalue weighted by molar-refractivity contribution is -0.172. The number of hydrogen-bond acceptors (Lipinski definition) is 21. The molecule has 10 aromatic rings. The molecule has 4 N–H and O–H groups in total. The minimum Gasteiger partial charge on any atom is -0.494 e. The molecule has 2 aliphatic rings. The summed E-state index contributed by atoms with van der Waals surface area (Å²) in [6.45, 7) is 14.4. The fourth-order valence-corrected chi connectivity index (χ4v) is 13.5. The Morgan fingerprint density at radius 3 is 1.79 bits per heavy atom. The van der Waals surface area contributed by atoms with Crippen molar-refractivity contribution in [2.75, 3.05) is 64.6 Å². The quantitative estimate of drug-likeness (QED) is 0.0160. The van der Waals surface area contributed by atoms with Crippen molar-refractivity contribution < 1.29 is 62.2 Å². The Balaban J connectivity index is 0.725. The molecule has 0 saturated heterocycles. The number of rotatable bonds is 37. The number of cyclic esters (lactones) is 1. The molecule has 0 fully saturated rings. The standard InChI is InChI=1S/C86H94N12O14/c1-6-70-71-47-68(30-31-75(71)94-79-72(70)56-98-76(79)48-74-73(80(98)100)57-110-82(102)86(74,105)7-2)111-81(101)61-26-28-63(29-27-61)93-83(103)97(51-62-20-8-9-25-77(62)109-58-78(99)91-36-40-106-42-43-107-41-37-92-84(104)112-85(3,4)5)38-18-19-39-108-69-45-59(49-95(52-64-21-10-14-32-87-64)53-65-22-11-15-33-88-65)44-60(46-69)50-96(54-66-23-12-16-34-89-66)55-67-24-13-17-35-90-67/h8-17,20-35,44-48,105H,6-7,18-19,36-43,49-58H2,1-5H3,(H,91,99)(H,92,104)(H,93,103). The second-order valence-electron chi connectivity index (χ2n) is 28.4. The minimum atomic E-state index is -1.96. The van der Waals surface area contributed by atoms with Crippen molar-refractivity contribution in [3.8, 4) is 28.6 Å². The van der Waals surface area contributed by atoms with Crippen LogP contribution in [0.1, 0.15) is 126 Å². The van der Waals surface area contributed by atoms with Crippen LogP contribution < -0.4 is 35.7 Å². The summed E-state index contributed by atoms with van der Waals surface area (Å²) in [5.41, 5.74) is 7.97. The van der Waals surface area contributed by atoms with Gasteiger partial charge in [0.25, 0.3) is 11.5 Å². The summed E-state index contributed by atoms with van der Waals surface area (Å²) in [4.78, 5) is 111. The largest absolute Gasteiger partial charge is 0.494 e. The van der Waals surface area contributed by atoms with E-state index in [1.54, 1.807) is 123 Å². The Morgan fingerprint density at radius 2 is 1.21 bits per heavy atom. The van der Waals surface area contributed by atoms with Gasteiger partial charge in [-0.2, -0.15) is 0 Å². The highest BCUT2D eigenvalue weighted by Gasteiger charge is 2.45. The van der Waals surface area contributed by atoms with Crippen LogP contribution in [0.15, 0.2) is 193 Å². The van der Waals surface area contributed by atoms with E-state index < -0.39 is 35.3 Å². The van der Waals surface area contributed by atoms with E-state index in [4.69, 9.17) is 38.1 Å². The number of ether oxygens (including phenoxy) is 7. The number of nitrogens with one attached hydrogen (secondary N) is 3. The molecular weight excluding hydrogens is 1430 g/mol. The van der Waals surface area contributed by atoms with Crippen LogP contribution >= 0.6 is 0 Å². The minimum absolute atomic E-state index is 0.0226. The number of carbonyl (C=O) groups is 5. The summed E-state index contributed by atoms with van der Waals surface area (Å²) >= 11 is 0. The monoisotopic (exact) mass is 1520 g/mol. The lowest BCUT2D eigenvalue weighted by atomic mass is 9.86. The molecule has 112 heavy (non-hydrogen) atoms. The number of nitrogens with zero attached hydrogens (tertiary/aromatic N) is 9. The first-order chi connectivity index (χ1) is 54.3. The van der Waals surface area contributed by atoms with Crippen molar-refractivity contribution in [2.24, 2.45) is 0 Å². The lowest BCUT2D eigenvalue weighted by Gasteiger charge is -2.31. The third kappa shape index (κ3) is 21.6. The number of aryl methyl sites for hydroxylation is 1. The van der Waals surface area contributed by atoms with Crippen LogP contribution in [0, 0.1) is 0 Å². The average molecular weight is 1520 g/mol. The van der Waals surface area contributed by atoms with E-state index in [0.29, 0.717) is 105 Å². The molecule has 0 aliphatic carbocycles. The van der Waals surface area contributed by atoms with Crippen molar-refractivity contribution in [1.29, 1.82) is 0 Å². The van der Waals surface area contributed by atoms with Gasteiger partial charge in [-0.15, -0.1) is 0 Å². The molecular formula is C86H94N12O14. The molecule has 26 nitrogen and oxygen atoms in total. The summed E-state index contributed by atoms with van der Waals surface area (Å²) in [6, 6.07) is 50.2. The molecule has 582 valence electrons. The maximum Gasteiger partial charge on any atom is 0.407 e. The molecule has 4 aromatic carbocycles. The molecule has 0 bridgehead atoms. The summed E-state index contributed by atoms with van der Waals surface area (Å²) in [6.07, 6.45) is 8.35. The van der Waals surface area contributed by atoms with Crippen LogP contribution in [0.2, 0.25) is 0 Å². The van der Waals surface area contributed by atoms with Gasteiger partial charge in [0, 0.05) is 111 Å². The number of fused-ring (bicyclic) bond motifs is 5. The topological polar surface area (TPSA) is 302 Å². The van der Waals surface area contributed by atoms with E-state index >= 15 is 0 Å². The number of unbranched alkanes of at least 4 members (excludes halogenated alkanes) is 1. The zero-order valence-electron chi connectivity index (χ0n) is 63.7. The van der Waals surface area contributed by atoms with Crippen LogP contribution in [-0.4, -0.2) is 144 Å². The van der Waals surface area contributed by atoms with E-state index in [1.807, 2.05) is 91.9 Å². The number of pyridine rings is 6. The lowest BCUT2D eigenvalue weighted by Crippen LogP contribution is -2.44. The third-order valence-electron chi connectivity index (χ3n) is 18.9. The molecule has 1 unspecified atom stereocenters. The molecule has 6 aromatic heterocycles. The van der Waals surface area contributed by atoms with E-state index in [2.05, 4.69) is 63.9 Å². The number of aromatic nitrogens is 6. The number of esters is 2. The van der Waals surface area contributed by atoms with E-state index in [-0.39, 0.29) is 113 Å². The SMILES string of the molecule is CCc1c2c(nc3ccc(OC(=O)c4ccc(NC(=O)N(CCCCOc5cc(CN(Cc6ccccn6)Cc6ccccn6)cc(CN(Cc6ccccn6)Cc6ccccn6)c5)Cc5ccccc5OCC(=O)NCCOCCOCCNC(=O)OC(C)(C)C)cc4)cc13)-c1cc3c(c(=O)n1C2)COC(=O)C3(O)CC. The van der Waals surface area contributed by atoms with Crippen LogP contribution in [0.5, 0.6) is 17.2 Å². The van der Waals surface area contributed by atoms with Crippen molar-refractivity contribution in [3.05, 3.63) is 266 Å². The fraction of sp³-hybridized carbons (Fsp3) is 0.337. The van der Waals surface area contributed by atoms with Crippen molar-refractivity contribution in [2.45, 2.75) is 130 Å². The zero-order valence-corrected chi connectivity index (χ0v) is 63.7. The zero-order chi connectivity index (χ0) is 78.4. The van der Waals surface area contributed by atoms with Crippen molar-refractivity contribution in [1.82, 2.24) is 54.8 Å². The Bertz CT molecular complexity index is 4750. The number of urea groups is 1. The first-order valence-corrected chi connectivity index (χ1v) is 37.8. The summed E-state index contributed by atoms with van der Waals surface area (Å²) in [5, 5.41) is 20.7. The van der Waals surface area contributed by atoms with Gasteiger partial charge in [0.05, 0.1) is 96.9 Å². The van der Waals surface area contributed by atoms with Gasteiger partial charge in [0.1, 0.15) is 29.5 Å². The summed E-state index contributed by atoms with van der Waals surface area (Å²) < 4.78 is 42.1. The highest BCUT2D eigenvalue weighted by atomic mass is 16.6. The third-order valence-corrected chi connectivity index (χ3v) is 18.9. The molecule has 2 aliphatic heterocycles. The number of amides is 4. The van der Waals surface area contributed by atoms with Gasteiger partial charge in [0.15, 0.2) is 12.2 Å². The Hall–Kier alpha value is -11.8. The van der Waals surface area contributed by atoms with E-state index in [1.165, 1.54) is 0 Å². The van der Waals surface area contributed by atoms with E-state index in [0.717, 1.165) is 50.4 Å². The second-order valence-corrected chi connectivity index (χ2v) is 28.4. The first kappa shape index (κ1) is 79.7. The Kier molecular flexibility index (Phi) is 27.2. The number of aliphatic hydroxyl groups is 1. The number of benzene rings is 4. The van der Waals surface area contributed by atoms with Gasteiger partial charge in [-0.1, -0.05) is 62.4 Å². The Morgan fingerprint density at radius 1 is 0.616 bits per heavy atom. The fourth-order valence-electron chi connectivity index (χ4n) is 13.5. The van der Waals surface area contributed by atoms with Crippen molar-refractivity contribution in [3.63, 3.8) is 0 Å². The second kappa shape index (κ2) is 38.2. The van der Waals surface area contributed by atoms with E-state index in [9.17, 15) is 33.9 Å². The molecule has 1 atom stereocenters. The number of alkyl carbamates (subject to hydrolysis) is 1. The number of hydrogen-bond donors (Lipinski definition) is 4. The molecule has 8 heterocycles. The summed E-state index contributed by atoms with van der Waals surface area (Å²) in [7, 11) is 0. The van der Waals surface area contributed by atoms with Crippen LogP contribution in [0.4, 0.5) is 15.3 Å². The summed E-state index contributed by atoms with van der Waals surface area (Å²) in [5.74, 6) is -0.453. The Labute approximate surface area is 650 Å². The van der Waals surface area contributed by atoms with Gasteiger partial charge in [-0.05, 0) is 178 Å². The van der Waals surface area contributed by atoms with Gasteiger partial charge >= 0.3 is 24.1 Å². The van der Waals surface area contributed by atoms with Crippen LogP contribution in [-0.2, 0) is 99.5 Å². The normalized spacial score (nSPS) is 13.6. The highest BCUT2D eigenvalue weighted by molar-refractivity contribution is 5.95. The maximum absolute atomic E-state index is 14.8. The molecule has 4 amide bonds. The highest BCUT2D eigenvalue weighted by Crippen LogP contribution is 2.41. The number of para-hydroxylation sites is 1. The molecule has 0 radical (unpaired) electrons. The van der Waals surface area contributed by atoms with Crippen LogP contribution in [0.3, 0.4) is 0 Å². The van der Waals surface area contributed by atoms with Gasteiger partial charge in [-0.25, -0.2) is 24.2 Å². The van der Waals surface area contributed by atoms with Gasteiger partial charge < -0.3 is 63.7 Å². The maximum atomic E-state index is 14.8. The van der Waals surface area contributed by atoms with Gasteiger partial charge in [-0.3, -0.25) is 39.3 Å². The number of carbonyl (C=O) groups excluding carboxylic acids is 5. The van der Waals surface area contributed by atoms with Crippen molar-refractivity contribution >= 4 is 46.6 Å². The predicted molar refractivity (Wildman–Crippen MR) is 420 cm³/mol. The first-order valence-electron chi connectivity index (χ1n) is 37.8.